The summed E-state index contributed by atoms with van der Waals surface area (Å²) in [6, 6.07) is 7.90. The van der Waals surface area contributed by atoms with Crippen molar-refractivity contribution in [2.24, 2.45) is 5.73 Å². The smallest absolute Gasteiger partial charge is 0.237 e. The van der Waals surface area contributed by atoms with E-state index in [0.29, 0.717) is 6.42 Å². The Kier molecular flexibility index (Phi) is 6.49. The minimum atomic E-state index is -0.642. The quantitative estimate of drug-likeness (QED) is 0.728. The van der Waals surface area contributed by atoms with Crippen LogP contribution in [-0.2, 0) is 4.79 Å². The highest BCUT2D eigenvalue weighted by molar-refractivity contribution is 5.84. The first-order valence-corrected chi connectivity index (χ1v) is 7.33. The minimum Gasteiger partial charge on any atom is -0.495 e. The number of hydrogen-bond donors (Lipinski definition) is 2. The first-order chi connectivity index (χ1) is 9.94. The second kappa shape index (κ2) is 7.88. The van der Waals surface area contributed by atoms with E-state index in [1.165, 1.54) is 0 Å². The van der Waals surface area contributed by atoms with E-state index in [4.69, 9.17) is 10.5 Å². The highest BCUT2D eigenvalue weighted by Gasteiger charge is 2.29. The fourth-order valence-electron chi connectivity index (χ4n) is 2.42. The second-order valence-corrected chi connectivity index (χ2v) is 5.42. The van der Waals surface area contributed by atoms with E-state index in [0.717, 1.165) is 30.9 Å². The van der Waals surface area contributed by atoms with Crippen LogP contribution in [0.25, 0.3) is 0 Å². The summed E-state index contributed by atoms with van der Waals surface area (Å²) in [5.41, 5.74) is 5.90. The highest BCUT2D eigenvalue weighted by Crippen LogP contribution is 2.27. The van der Waals surface area contributed by atoms with E-state index in [1.807, 2.05) is 45.2 Å². The molecule has 1 atom stereocenters. The van der Waals surface area contributed by atoms with Gasteiger partial charge in [0.05, 0.1) is 18.3 Å². The Bertz CT molecular complexity index is 465. The first-order valence-electron chi connectivity index (χ1n) is 7.33. The molecule has 21 heavy (non-hydrogen) atoms. The van der Waals surface area contributed by atoms with Crippen molar-refractivity contribution in [1.82, 2.24) is 5.32 Å². The molecule has 0 bridgehead atoms. The molecule has 1 aromatic carbocycles. The van der Waals surface area contributed by atoms with Crippen LogP contribution < -0.4 is 20.7 Å². The number of nitrogens with zero attached hydrogens (tertiary/aromatic N) is 1. The summed E-state index contributed by atoms with van der Waals surface area (Å²) in [4.78, 5) is 13.7. The lowest BCUT2D eigenvalue weighted by Gasteiger charge is -2.28. The standard InChI is InChI=1S/C16H27N3O2/c1-5-18-16(2,15(17)20)11-8-12-19(3)13-9-6-7-10-14(13)21-4/h6-7,9-10,18H,5,8,11-12H2,1-4H3,(H2,17,20). The summed E-state index contributed by atoms with van der Waals surface area (Å²) >= 11 is 0. The third-order valence-electron chi connectivity index (χ3n) is 3.78. The van der Waals surface area contributed by atoms with Gasteiger partial charge in [0.1, 0.15) is 5.75 Å². The first kappa shape index (κ1) is 17.3. The number of primary amides is 1. The van der Waals surface area contributed by atoms with E-state index >= 15 is 0 Å². The molecule has 1 aromatic rings. The van der Waals surface area contributed by atoms with Crippen LogP contribution in [0.2, 0.25) is 0 Å². The largest absolute Gasteiger partial charge is 0.495 e. The van der Waals surface area contributed by atoms with Gasteiger partial charge in [-0.3, -0.25) is 4.79 Å². The number of amides is 1. The molecule has 0 spiro atoms. The molecule has 0 radical (unpaired) electrons. The lowest BCUT2D eigenvalue weighted by Crippen LogP contribution is -2.53. The number of carbonyl (C=O) groups is 1. The van der Waals surface area contributed by atoms with Crippen molar-refractivity contribution in [2.45, 2.75) is 32.2 Å². The Morgan fingerprint density at radius 3 is 2.67 bits per heavy atom. The number of likely N-dealkylation sites (N-methyl/N-ethyl adjacent to an activating group) is 1. The van der Waals surface area contributed by atoms with Crippen molar-refractivity contribution in [2.75, 3.05) is 32.1 Å². The number of anilines is 1. The number of benzene rings is 1. The molecule has 1 amide bonds. The van der Waals surface area contributed by atoms with Gasteiger partial charge in [-0.2, -0.15) is 0 Å². The predicted molar refractivity (Wildman–Crippen MR) is 86.8 cm³/mol. The molecule has 1 rings (SSSR count). The zero-order valence-electron chi connectivity index (χ0n) is 13.5. The number of hydrogen-bond acceptors (Lipinski definition) is 4. The molecule has 0 heterocycles. The second-order valence-electron chi connectivity index (χ2n) is 5.42. The Morgan fingerprint density at radius 1 is 1.43 bits per heavy atom. The summed E-state index contributed by atoms with van der Waals surface area (Å²) in [6.07, 6.45) is 1.57. The third-order valence-corrected chi connectivity index (χ3v) is 3.78. The van der Waals surface area contributed by atoms with Crippen LogP contribution in [0.5, 0.6) is 5.75 Å². The Labute approximate surface area is 127 Å². The van der Waals surface area contributed by atoms with Crippen molar-refractivity contribution in [3.8, 4) is 5.75 Å². The number of nitrogens with two attached hydrogens (primary N) is 1. The minimum absolute atomic E-state index is 0.302. The molecule has 0 aromatic heterocycles. The molecule has 5 heteroatoms. The van der Waals surface area contributed by atoms with Crippen LogP contribution in [0, 0.1) is 0 Å². The number of carbonyl (C=O) groups excluding carboxylic acids is 1. The molecule has 5 nitrogen and oxygen atoms in total. The molecular formula is C16H27N3O2. The van der Waals surface area contributed by atoms with Gasteiger partial charge in [-0.25, -0.2) is 0 Å². The van der Waals surface area contributed by atoms with Gasteiger partial charge in [-0.1, -0.05) is 19.1 Å². The highest BCUT2D eigenvalue weighted by atomic mass is 16.5. The molecule has 3 N–H and O–H groups in total. The summed E-state index contributed by atoms with van der Waals surface area (Å²) in [6.45, 7) is 5.39. The number of methoxy groups -OCH3 is 1. The Hall–Kier alpha value is -1.75. The van der Waals surface area contributed by atoms with Crippen LogP contribution in [0.1, 0.15) is 26.7 Å². The Morgan fingerprint density at radius 2 is 2.10 bits per heavy atom. The average Bonchev–Trinajstić information content (AvgIpc) is 2.47. The van der Waals surface area contributed by atoms with Crippen LogP contribution in [-0.4, -0.2) is 38.7 Å². The van der Waals surface area contributed by atoms with Crippen LogP contribution in [0.15, 0.2) is 24.3 Å². The predicted octanol–water partition coefficient (Wildman–Crippen LogP) is 1.77. The van der Waals surface area contributed by atoms with Crippen molar-refractivity contribution < 1.29 is 9.53 Å². The van der Waals surface area contributed by atoms with Crippen LogP contribution in [0.3, 0.4) is 0 Å². The van der Waals surface area contributed by atoms with Gasteiger partial charge >= 0.3 is 0 Å². The van der Waals surface area contributed by atoms with Gasteiger partial charge < -0.3 is 20.7 Å². The molecule has 0 saturated carbocycles. The fourth-order valence-corrected chi connectivity index (χ4v) is 2.42. The summed E-state index contributed by atoms with van der Waals surface area (Å²) in [7, 11) is 3.69. The van der Waals surface area contributed by atoms with Crippen LogP contribution in [0.4, 0.5) is 5.69 Å². The molecule has 0 aliphatic rings. The molecule has 0 aliphatic carbocycles. The van der Waals surface area contributed by atoms with Crippen molar-refractivity contribution in [3.05, 3.63) is 24.3 Å². The van der Waals surface area contributed by atoms with E-state index in [-0.39, 0.29) is 5.91 Å². The van der Waals surface area contributed by atoms with E-state index in [2.05, 4.69) is 10.2 Å². The third kappa shape index (κ3) is 4.63. The van der Waals surface area contributed by atoms with E-state index < -0.39 is 5.54 Å². The summed E-state index contributed by atoms with van der Waals surface area (Å²) in [5.74, 6) is 0.550. The van der Waals surface area contributed by atoms with E-state index in [9.17, 15) is 4.79 Å². The lowest BCUT2D eigenvalue weighted by atomic mass is 9.94. The zero-order chi connectivity index (χ0) is 15.9. The molecule has 0 saturated heterocycles. The number of rotatable bonds is 9. The number of nitrogens with one attached hydrogen (secondary N) is 1. The summed E-state index contributed by atoms with van der Waals surface area (Å²) in [5, 5.41) is 3.18. The van der Waals surface area contributed by atoms with Gasteiger partial charge in [0.2, 0.25) is 5.91 Å². The molecule has 1 unspecified atom stereocenters. The van der Waals surface area contributed by atoms with Gasteiger partial charge in [0.25, 0.3) is 0 Å². The zero-order valence-corrected chi connectivity index (χ0v) is 13.5. The molecule has 0 fully saturated rings. The van der Waals surface area contributed by atoms with Crippen LogP contribution >= 0.6 is 0 Å². The number of para-hydroxylation sites is 2. The van der Waals surface area contributed by atoms with Crippen molar-refractivity contribution in [3.63, 3.8) is 0 Å². The van der Waals surface area contributed by atoms with E-state index in [1.54, 1.807) is 7.11 Å². The van der Waals surface area contributed by atoms with Crippen molar-refractivity contribution in [1.29, 1.82) is 0 Å². The maximum absolute atomic E-state index is 11.6. The van der Waals surface area contributed by atoms with Crippen molar-refractivity contribution >= 4 is 11.6 Å². The summed E-state index contributed by atoms with van der Waals surface area (Å²) < 4.78 is 5.36. The van der Waals surface area contributed by atoms with Gasteiger partial charge in [0.15, 0.2) is 0 Å². The maximum Gasteiger partial charge on any atom is 0.237 e. The van der Waals surface area contributed by atoms with Gasteiger partial charge in [0, 0.05) is 13.6 Å². The number of ether oxygens (including phenoxy) is 1. The topological polar surface area (TPSA) is 67.6 Å². The normalized spacial score (nSPS) is 13.5. The average molecular weight is 293 g/mol. The Balaban J connectivity index is 2.60. The van der Waals surface area contributed by atoms with Gasteiger partial charge in [-0.15, -0.1) is 0 Å². The molecule has 118 valence electrons. The molecular weight excluding hydrogens is 266 g/mol. The SMILES string of the molecule is CCNC(C)(CCCN(C)c1ccccc1OC)C(N)=O. The lowest BCUT2D eigenvalue weighted by molar-refractivity contribution is -0.124. The monoisotopic (exact) mass is 293 g/mol. The van der Waals surface area contributed by atoms with Gasteiger partial charge in [-0.05, 0) is 38.4 Å². The molecule has 0 aliphatic heterocycles. The fraction of sp³-hybridized carbons (Fsp3) is 0.562. The maximum atomic E-state index is 11.6.